The molecule has 0 spiro atoms. The predicted molar refractivity (Wildman–Crippen MR) is 61.2 cm³/mol. The summed E-state index contributed by atoms with van der Waals surface area (Å²) < 4.78 is 0. The molecule has 0 aromatic rings. The normalized spacial score (nSPS) is 10.9. The molecule has 0 aromatic heterocycles. The monoisotopic (exact) mass is 211 g/mol. The second-order valence-corrected chi connectivity index (χ2v) is 4.47. The number of amides is 1. The molecule has 1 N–H and O–H groups in total. The van der Waals surface area contributed by atoms with Crippen LogP contribution < -0.4 is 0 Å². The number of hydrogen-bond donors (Lipinski definition) is 1. The second-order valence-electron chi connectivity index (χ2n) is 4.47. The topological polar surface area (TPSA) is 40.5 Å². The standard InChI is InChI=1S/C12H21NO2/c1-5-6-7-8-9-11(14)13(4)10-12(2,3)15/h1,15H,6-10H2,2-4H3. The van der Waals surface area contributed by atoms with Crippen LogP contribution in [0.25, 0.3) is 0 Å². The van der Waals surface area contributed by atoms with Gasteiger partial charge in [0.1, 0.15) is 0 Å². The van der Waals surface area contributed by atoms with E-state index in [1.54, 1.807) is 25.8 Å². The van der Waals surface area contributed by atoms with E-state index >= 15 is 0 Å². The second kappa shape index (κ2) is 6.47. The predicted octanol–water partition coefficient (Wildman–Crippen LogP) is 1.41. The number of terminal acetylenes is 1. The van der Waals surface area contributed by atoms with Crippen LogP contribution in [0.4, 0.5) is 0 Å². The van der Waals surface area contributed by atoms with Gasteiger partial charge in [0.15, 0.2) is 0 Å². The Labute approximate surface area is 92.5 Å². The zero-order valence-corrected chi connectivity index (χ0v) is 9.92. The fourth-order valence-electron chi connectivity index (χ4n) is 1.36. The van der Waals surface area contributed by atoms with Gasteiger partial charge in [-0.3, -0.25) is 4.79 Å². The average molecular weight is 211 g/mol. The zero-order chi connectivity index (χ0) is 11.9. The van der Waals surface area contributed by atoms with Crippen molar-refractivity contribution in [3.05, 3.63) is 0 Å². The van der Waals surface area contributed by atoms with Gasteiger partial charge in [0.2, 0.25) is 5.91 Å². The molecule has 0 aliphatic heterocycles. The van der Waals surface area contributed by atoms with Crippen molar-refractivity contribution in [1.82, 2.24) is 4.90 Å². The lowest BCUT2D eigenvalue weighted by atomic mass is 10.1. The number of likely N-dealkylation sites (N-methyl/N-ethyl adjacent to an activating group) is 1. The molecule has 0 aromatic carbocycles. The molecular weight excluding hydrogens is 190 g/mol. The first-order valence-electron chi connectivity index (χ1n) is 5.26. The summed E-state index contributed by atoms with van der Waals surface area (Å²) in [4.78, 5) is 13.1. The quantitative estimate of drug-likeness (QED) is 0.533. The Kier molecular flexibility index (Phi) is 6.03. The number of rotatable bonds is 6. The van der Waals surface area contributed by atoms with Gasteiger partial charge in [-0.15, -0.1) is 12.3 Å². The summed E-state index contributed by atoms with van der Waals surface area (Å²) in [6.45, 7) is 3.74. The van der Waals surface area contributed by atoms with E-state index in [0.29, 0.717) is 13.0 Å². The minimum atomic E-state index is -0.830. The molecule has 0 unspecified atom stereocenters. The van der Waals surface area contributed by atoms with E-state index in [1.165, 1.54) is 0 Å². The van der Waals surface area contributed by atoms with E-state index < -0.39 is 5.60 Å². The van der Waals surface area contributed by atoms with E-state index in [-0.39, 0.29) is 5.91 Å². The van der Waals surface area contributed by atoms with Crippen LogP contribution in [0.2, 0.25) is 0 Å². The lowest BCUT2D eigenvalue weighted by Gasteiger charge is -2.25. The molecule has 0 radical (unpaired) electrons. The van der Waals surface area contributed by atoms with Gasteiger partial charge in [0.25, 0.3) is 0 Å². The molecule has 0 bridgehead atoms. The number of nitrogens with zero attached hydrogens (tertiary/aromatic N) is 1. The Morgan fingerprint density at radius 1 is 1.47 bits per heavy atom. The van der Waals surface area contributed by atoms with Crippen LogP contribution in [0.15, 0.2) is 0 Å². The maximum Gasteiger partial charge on any atom is 0.222 e. The summed E-state index contributed by atoms with van der Waals surface area (Å²) in [6.07, 6.45) is 8.05. The highest BCUT2D eigenvalue weighted by molar-refractivity contribution is 5.75. The van der Waals surface area contributed by atoms with Crippen LogP contribution in [0.3, 0.4) is 0 Å². The summed E-state index contributed by atoms with van der Waals surface area (Å²) in [5, 5.41) is 9.53. The number of hydrogen-bond acceptors (Lipinski definition) is 2. The van der Waals surface area contributed by atoms with Crippen molar-refractivity contribution in [2.45, 2.75) is 45.1 Å². The van der Waals surface area contributed by atoms with Crippen LogP contribution in [0.1, 0.15) is 39.5 Å². The third-order valence-electron chi connectivity index (χ3n) is 2.01. The fraction of sp³-hybridized carbons (Fsp3) is 0.750. The van der Waals surface area contributed by atoms with E-state index in [0.717, 1.165) is 19.3 Å². The van der Waals surface area contributed by atoms with Crippen molar-refractivity contribution in [2.75, 3.05) is 13.6 Å². The van der Waals surface area contributed by atoms with Crippen molar-refractivity contribution in [3.63, 3.8) is 0 Å². The Morgan fingerprint density at radius 2 is 2.07 bits per heavy atom. The molecule has 0 heterocycles. The fourth-order valence-corrected chi connectivity index (χ4v) is 1.36. The third-order valence-corrected chi connectivity index (χ3v) is 2.01. The summed E-state index contributed by atoms with van der Waals surface area (Å²) in [7, 11) is 1.71. The highest BCUT2D eigenvalue weighted by atomic mass is 16.3. The highest BCUT2D eigenvalue weighted by Crippen LogP contribution is 2.06. The zero-order valence-electron chi connectivity index (χ0n) is 9.92. The van der Waals surface area contributed by atoms with Gasteiger partial charge in [-0.2, -0.15) is 0 Å². The molecule has 0 saturated heterocycles. The van der Waals surface area contributed by atoms with Crippen LogP contribution in [0, 0.1) is 12.3 Å². The van der Waals surface area contributed by atoms with Gasteiger partial charge in [-0.05, 0) is 26.7 Å². The lowest BCUT2D eigenvalue weighted by molar-refractivity contribution is -0.132. The van der Waals surface area contributed by atoms with Crippen molar-refractivity contribution in [1.29, 1.82) is 0 Å². The Morgan fingerprint density at radius 3 is 2.53 bits per heavy atom. The molecule has 0 aliphatic carbocycles. The molecule has 3 heteroatoms. The van der Waals surface area contributed by atoms with Gasteiger partial charge in [0, 0.05) is 26.4 Å². The SMILES string of the molecule is C#CCCCCC(=O)N(C)CC(C)(C)O. The highest BCUT2D eigenvalue weighted by Gasteiger charge is 2.18. The molecule has 0 aliphatic rings. The van der Waals surface area contributed by atoms with Crippen molar-refractivity contribution < 1.29 is 9.90 Å². The lowest BCUT2D eigenvalue weighted by Crippen LogP contribution is -2.39. The smallest absolute Gasteiger partial charge is 0.222 e. The molecule has 0 rings (SSSR count). The van der Waals surface area contributed by atoms with Crippen LogP contribution >= 0.6 is 0 Å². The van der Waals surface area contributed by atoms with E-state index in [1.807, 2.05) is 0 Å². The Balaban J connectivity index is 3.76. The molecular formula is C12H21NO2. The number of carbonyl (C=O) groups excluding carboxylic acids is 1. The molecule has 1 amide bonds. The van der Waals surface area contributed by atoms with E-state index in [2.05, 4.69) is 5.92 Å². The number of unbranched alkanes of at least 4 members (excludes halogenated alkanes) is 2. The first-order valence-corrected chi connectivity index (χ1v) is 5.26. The molecule has 0 fully saturated rings. The van der Waals surface area contributed by atoms with Crippen LogP contribution in [0.5, 0.6) is 0 Å². The summed E-state index contributed by atoms with van der Waals surface area (Å²) in [5.41, 5.74) is -0.830. The number of carbonyl (C=O) groups is 1. The summed E-state index contributed by atoms with van der Waals surface area (Å²) >= 11 is 0. The summed E-state index contributed by atoms with van der Waals surface area (Å²) in [5.74, 6) is 2.61. The Bertz CT molecular complexity index is 235. The van der Waals surface area contributed by atoms with Crippen LogP contribution in [-0.4, -0.2) is 35.1 Å². The van der Waals surface area contributed by atoms with Gasteiger partial charge in [-0.1, -0.05) is 0 Å². The van der Waals surface area contributed by atoms with Gasteiger partial charge < -0.3 is 10.0 Å². The third kappa shape index (κ3) is 8.02. The molecule has 3 nitrogen and oxygen atoms in total. The van der Waals surface area contributed by atoms with Crippen LogP contribution in [-0.2, 0) is 4.79 Å². The summed E-state index contributed by atoms with van der Waals surface area (Å²) in [6, 6.07) is 0. The van der Waals surface area contributed by atoms with Crippen molar-refractivity contribution in [3.8, 4) is 12.3 Å². The maximum absolute atomic E-state index is 11.5. The Hall–Kier alpha value is -1.01. The van der Waals surface area contributed by atoms with Gasteiger partial charge >= 0.3 is 0 Å². The maximum atomic E-state index is 11.5. The molecule has 15 heavy (non-hydrogen) atoms. The average Bonchev–Trinajstić information content (AvgIpc) is 2.09. The minimum Gasteiger partial charge on any atom is -0.389 e. The van der Waals surface area contributed by atoms with E-state index in [4.69, 9.17) is 6.42 Å². The first kappa shape index (κ1) is 14.0. The first-order chi connectivity index (χ1) is 6.87. The molecule has 86 valence electrons. The van der Waals surface area contributed by atoms with Crippen molar-refractivity contribution >= 4 is 5.91 Å². The van der Waals surface area contributed by atoms with Crippen molar-refractivity contribution in [2.24, 2.45) is 0 Å². The largest absolute Gasteiger partial charge is 0.389 e. The molecule has 0 saturated carbocycles. The number of aliphatic hydroxyl groups is 1. The van der Waals surface area contributed by atoms with Gasteiger partial charge in [0.05, 0.1) is 5.60 Å². The minimum absolute atomic E-state index is 0.0640. The van der Waals surface area contributed by atoms with Gasteiger partial charge in [-0.25, -0.2) is 0 Å². The van der Waals surface area contributed by atoms with E-state index in [9.17, 15) is 9.90 Å². The molecule has 0 atom stereocenters.